The van der Waals surface area contributed by atoms with E-state index in [0.29, 0.717) is 12.3 Å². The molecule has 0 aromatic heterocycles. The van der Waals surface area contributed by atoms with Crippen LogP contribution in [0.1, 0.15) is 71.8 Å². The van der Waals surface area contributed by atoms with Crippen LogP contribution in [0.5, 0.6) is 0 Å². The Morgan fingerprint density at radius 3 is 2.61 bits per heavy atom. The number of esters is 1. The average molecular weight is 390 g/mol. The number of ether oxygens (including phenoxy) is 2. The van der Waals surface area contributed by atoms with Crippen LogP contribution in [-0.4, -0.2) is 29.8 Å². The summed E-state index contributed by atoms with van der Waals surface area (Å²) in [5, 5.41) is 2.69. The quantitative estimate of drug-likeness (QED) is 0.718. The van der Waals surface area contributed by atoms with Gasteiger partial charge in [0.05, 0.1) is 6.10 Å². The van der Waals surface area contributed by atoms with E-state index >= 15 is 0 Å². The number of carbonyl (C=O) groups excluding carboxylic acids is 2. The predicted molar refractivity (Wildman–Crippen MR) is 110 cm³/mol. The third kappa shape index (κ3) is 8.32. The van der Waals surface area contributed by atoms with E-state index in [4.69, 9.17) is 9.47 Å². The van der Waals surface area contributed by atoms with Gasteiger partial charge in [-0.05, 0) is 71.3 Å². The van der Waals surface area contributed by atoms with Gasteiger partial charge in [0, 0.05) is 0 Å². The van der Waals surface area contributed by atoms with Crippen molar-refractivity contribution in [1.29, 1.82) is 0 Å². The molecular formula is C23H35NO4. The van der Waals surface area contributed by atoms with E-state index in [0.717, 1.165) is 38.5 Å². The van der Waals surface area contributed by atoms with Crippen molar-refractivity contribution in [3.63, 3.8) is 0 Å². The van der Waals surface area contributed by atoms with Crippen molar-refractivity contribution in [3.05, 3.63) is 35.9 Å². The average Bonchev–Trinajstić information content (AvgIpc) is 2.65. The van der Waals surface area contributed by atoms with Crippen LogP contribution in [0.4, 0.5) is 4.79 Å². The summed E-state index contributed by atoms with van der Waals surface area (Å²) in [6.07, 6.45) is 6.01. The summed E-state index contributed by atoms with van der Waals surface area (Å²) < 4.78 is 10.9. The number of nitrogens with one attached hydrogen (secondary N) is 1. The fourth-order valence-corrected chi connectivity index (χ4v) is 3.73. The minimum atomic E-state index is -0.639. The first-order chi connectivity index (χ1) is 13.2. The molecule has 1 heterocycles. The van der Waals surface area contributed by atoms with E-state index in [-0.39, 0.29) is 12.1 Å². The maximum absolute atomic E-state index is 12.4. The van der Waals surface area contributed by atoms with Crippen molar-refractivity contribution >= 4 is 12.1 Å². The number of carbonyl (C=O) groups is 2. The Morgan fingerprint density at radius 2 is 1.93 bits per heavy atom. The first-order valence-corrected chi connectivity index (χ1v) is 10.5. The molecule has 1 N–H and O–H groups in total. The number of hydrogen-bond donors (Lipinski definition) is 1. The van der Waals surface area contributed by atoms with Crippen molar-refractivity contribution < 1.29 is 19.1 Å². The minimum Gasteiger partial charge on any atom is -0.461 e. The molecule has 1 aliphatic rings. The first kappa shape index (κ1) is 22.3. The van der Waals surface area contributed by atoms with Crippen LogP contribution in [0.3, 0.4) is 0 Å². The lowest BCUT2D eigenvalue weighted by atomic mass is 9.90. The molecule has 5 nitrogen and oxygen atoms in total. The molecule has 1 fully saturated rings. The Balaban J connectivity index is 1.85. The third-order valence-corrected chi connectivity index (χ3v) is 4.98. The largest absolute Gasteiger partial charge is 0.461 e. The number of rotatable bonds is 5. The molecule has 0 saturated carbocycles. The molecule has 1 amide bonds. The Hall–Kier alpha value is -2.04. The van der Waals surface area contributed by atoms with Gasteiger partial charge in [-0.25, -0.2) is 9.59 Å². The monoisotopic (exact) mass is 389 g/mol. The number of cyclic esters (lactones) is 1. The van der Waals surface area contributed by atoms with Gasteiger partial charge in [-0.15, -0.1) is 0 Å². The normalized spacial score (nSPS) is 23.7. The van der Waals surface area contributed by atoms with E-state index in [1.807, 2.05) is 13.0 Å². The van der Waals surface area contributed by atoms with Crippen LogP contribution < -0.4 is 5.32 Å². The second-order valence-corrected chi connectivity index (χ2v) is 8.86. The molecule has 0 radical (unpaired) electrons. The second kappa shape index (κ2) is 10.5. The minimum absolute atomic E-state index is 0.143. The molecule has 1 aromatic rings. The van der Waals surface area contributed by atoms with Crippen molar-refractivity contribution in [2.24, 2.45) is 5.92 Å². The SMILES string of the molecule is CC1CC(CCCc2ccccc2)CCC[C@H](NC(=O)OC(C)(C)C)C(=O)O1. The van der Waals surface area contributed by atoms with Crippen molar-refractivity contribution in [1.82, 2.24) is 5.32 Å². The predicted octanol–water partition coefficient (Wildman–Crippen LogP) is 5.02. The van der Waals surface area contributed by atoms with Crippen molar-refractivity contribution in [2.75, 3.05) is 0 Å². The zero-order chi connectivity index (χ0) is 20.6. The number of alkyl carbamates (subject to hydrolysis) is 1. The molecule has 28 heavy (non-hydrogen) atoms. The van der Waals surface area contributed by atoms with Gasteiger partial charge < -0.3 is 14.8 Å². The lowest BCUT2D eigenvalue weighted by Crippen LogP contribution is -2.44. The molecule has 2 rings (SSSR count). The maximum Gasteiger partial charge on any atom is 0.408 e. The summed E-state index contributed by atoms with van der Waals surface area (Å²) in [4.78, 5) is 24.5. The summed E-state index contributed by atoms with van der Waals surface area (Å²) in [7, 11) is 0. The van der Waals surface area contributed by atoms with Gasteiger partial charge in [0.2, 0.25) is 0 Å². The fourth-order valence-electron chi connectivity index (χ4n) is 3.73. The van der Waals surface area contributed by atoms with Gasteiger partial charge >= 0.3 is 12.1 Å². The Morgan fingerprint density at radius 1 is 1.21 bits per heavy atom. The number of hydrogen-bond acceptors (Lipinski definition) is 4. The summed E-state index contributed by atoms with van der Waals surface area (Å²) in [6.45, 7) is 7.35. The van der Waals surface area contributed by atoms with Crippen LogP contribution in [0, 0.1) is 5.92 Å². The molecular weight excluding hydrogens is 354 g/mol. The van der Waals surface area contributed by atoms with Gasteiger partial charge in [0.25, 0.3) is 0 Å². The summed E-state index contributed by atoms with van der Waals surface area (Å²) in [6, 6.07) is 9.89. The van der Waals surface area contributed by atoms with Crippen LogP contribution in [0.2, 0.25) is 0 Å². The Kier molecular flexibility index (Phi) is 8.34. The fraction of sp³-hybridized carbons (Fsp3) is 0.652. The highest BCUT2D eigenvalue weighted by molar-refractivity contribution is 5.81. The molecule has 0 bridgehead atoms. The Bertz CT molecular complexity index is 623. The van der Waals surface area contributed by atoms with Crippen molar-refractivity contribution in [2.45, 2.75) is 90.4 Å². The standard InChI is InChI=1S/C23H35NO4/c1-17-16-19(13-8-12-18-10-6-5-7-11-18)14-9-15-20(21(25)27-17)24-22(26)28-23(2,3)4/h5-7,10-11,17,19-20H,8-9,12-16H2,1-4H3,(H,24,26)/t17?,19?,20-/m0/s1. The molecule has 3 atom stereocenters. The van der Waals surface area contributed by atoms with E-state index in [1.54, 1.807) is 20.8 Å². The maximum atomic E-state index is 12.4. The molecule has 1 aliphatic heterocycles. The van der Waals surface area contributed by atoms with Crippen molar-refractivity contribution in [3.8, 4) is 0 Å². The van der Waals surface area contributed by atoms with E-state index in [1.165, 1.54) is 5.56 Å². The molecule has 0 aliphatic carbocycles. The van der Waals surface area contributed by atoms with Gasteiger partial charge in [-0.1, -0.05) is 43.2 Å². The van der Waals surface area contributed by atoms with Gasteiger partial charge in [0.1, 0.15) is 11.6 Å². The van der Waals surface area contributed by atoms with Crippen LogP contribution in [0.15, 0.2) is 30.3 Å². The third-order valence-electron chi connectivity index (χ3n) is 4.98. The molecule has 156 valence electrons. The lowest BCUT2D eigenvalue weighted by Gasteiger charge is -2.23. The highest BCUT2D eigenvalue weighted by atomic mass is 16.6. The molecule has 5 heteroatoms. The first-order valence-electron chi connectivity index (χ1n) is 10.5. The molecule has 2 unspecified atom stereocenters. The topological polar surface area (TPSA) is 64.6 Å². The van der Waals surface area contributed by atoms with Gasteiger partial charge in [-0.3, -0.25) is 0 Å². The lowest BCUT2D eigenvalue weighted by molar-refractivity contribution is -0.151. The summed E-state index contributed by atoms with van der Waals surface area (Å²) in [5.41, 5.74) is 0.774. The van der Waals surface area contributed by atoms with E-state index in [2.05, 4.69) is 29.6 Å². The van der Waals surface area contributed by atoms with Gasteiger partial charge in [0.15, 0.2) is 0 Å². The Labute approximate surface area is 169 Å². The molecule has 1 saturated heterocycles. The van der Waals surface area contributed by atoms with Gasteiger partial charge in [-0.2, -0.15) is 0 Å². The summed E-state index contributed by atoms with van der Waals surface area (Å²) in [5.74, 6) is 0.176. The van der Waals surface area contributed by atoms with Crippen LogP contribution >= 0.6 is 0 Å². The summed E-state index contributed by atoms with van der Waals surface area (Å²) >= 11 is 0. The van der Waals surface area contributed by atoms with Crippen LogP contribution in [0.25, 0.3) is 0 Å². The smallest absolute Gasteiger partial charge is 0.408 e. The molecule has 1 aromatic carbocycles. The highest BCUT2D eigenvalue weighted by Gasteiger charge is 2.29. The zero-order valence-electron chi connectivity index (χ0n) is 17.7. The van der Waals surface area contributed by atoms with Crippen LogP contribution in [-0.2, 0) is 20.7 Å². The van der Waals surface area contributed by atoms with E-state index in [9.17, 15) is 9.59 Å². The molecule has 0 spiro atoms. The number of aryl methyl sites for hydroxylation is 1. The zero-order valence-corrected chi connectivity index (χ0v) is 17.7. The highest BCUT2D eigenvalue weighted by Crippen LogP contribution is 2.25. The number of amides is 1. The second-order valence-electron chi connectivity index (χ2n) is 8.86. The van der Waals surface area contributed by atoms with E-state index < -0.39 is 17.7 Å². The number of benzene rings is 1.